The third kappa shape index (κ3) is 4.18. The van der Waals surface area contributed by atoms with Gasteiger partial charge in [-0.3, -0.25) is 5.32 Å². The highest BCUT2D eigenvalue weighted by Crippen LogP contribution is 2.32. The molecule has 0 unspecified atom stereocenters. The van der Waals surface area contributed by atoms with Gasteiger partial charge in [0.15, 0.2) is 11.6 Å². The lowest BCUT2D eigenvalue weighted by molar-refractivity contribution is 0.0832. The van der Waals surface area contributed by atoms with Gasteiger partial charge in [0.05, 0.1) is 33.5 Å². The Morgan fingerprint density at radius 2 is 2.11 bits per heavy atom. The van der Waals surface area contributed by atoms with E-state index in [0.29, 0.717) is 24.6 Å². The van der Waals surface area contributed by atoms with Gasteiger partial charge in [0.25, 0.3) is 0 Å². The lowest BCUT2D eigenvalue weighted by atomic mass is 10.1. The predicted octanol–water partition coefficient (Wildman–Crippen LogP) is 2.84. The molecule has 0 atom stereocenters. The third-order valence-electron chi connectivity index (χ3n) is 4.01. The molecule has 9 heteroatoms. The Balaban J connectivity index is 1.86. The molecule has 2 heterocycles. The van der Waals surface area contributed by atoms with Crippen LogP contribution >= 0.6 is 0 Å². The zero-order chi connectivity index (χ0) is 19.6. The van der Waals surface area contributed by atoms with Crippen molar-refractivity contribution in [1.29, 1.82) is 0 Å². The van der Waals surface area contributed by atoms with E-state index in [0.717, 1.165) is 11.8 Å². The number of aromatic nitrogens is 2. The molecule has 0 saturated carbocycles. The average molecular weight is 376 g/mol. The molecule has 2 amide bonds. The van der Waals surface area contributed by atoms with Crippen molar-refractivity contribution in [2.45, 2.75) is 26.0 Å². The van der Waals surface area contributed by atoms with Crippen LogP contribution in [-0.4, -0.2) is 47.3 Å². The van der Waals surface area contributed by atoms with E-state index in [1.54, 1.807) is 19.2 Å². The van der Waals surface area contributed by atoms with Crippen molar-refractivity contribution in [1.82, 2.24) is 14.9 Å². The third-order valence-corrected chi connectivity index (χ3v) is 4.01. The number of halogens is 1. The molecule has 0 radical (unpaired) electrons. The van der Waals surface area contributed by atoms with Crippen LogP contribution in [-0.2, 0) is 6.54 Å². The normalized spacial score (nSPS) is 15.2. The fourth-order valence-corrected chi connectivity index (χ4v) is 2.80. The molecular weight excluding hydrogens is 355 g/mol. The number of urea groups is 1. The van der Waals surface area contributed by atoms with Gasteiger partial charge in [-0.15, -0.1) is 0 Å². The SMILES string of the molecule is COc1ccc2c(c1)OC(C)(C)CN(C(=O)Nc1nc(OC)ncc1F)C2. The number of anilines is 1. The monoisotopic (exact) mass is 376 g/mol. The number of amides is 2. The van der Waals surface area contributed by atoms with Crippen LogP contribution in [0, 0.1) is 5.82 Å². The predicted molar refractivity (Wildman–Crippen MR) is 95.7 cm³/mol. The lowest BCUT2D eigenvalue weighted by Crippen LogP contribution is -2.45. The van der Waals surface area contributed by atoms with Crippen LogP contribution in [0.15, 0.2) is 24.4 Å². The van der Waals surface area contributed by atoms with E-state index >= 15 is 0 Å². The van der Waals surface area contributed by atoms with Crippen molar-refractivity contribution in [3.05, 3.63) is 35.8 Å². The fourth-order valence-electron chi connectivity index (χ4n) is 2.80. The smallest absolute Gasteiger partial charge is 0.323 e. The number of nitrogens with zero attached hydrogens (tertiary/aromatic N) is 3. The van der Waals surface area contributed by atoms with Crippen molar-refractivity contribution in [2.24, 2.45) is 0 Å². The molecule has 144 valence electrons. The second-order valence-electron chi connectivity index (χ2n) is 6.67. The number of carbonyl (C=O) groups excluding carboxylic acids is 1. The molecule has 0 aliphatic carbocycles. The first-order valence-electron chi connectivity index (χ1n) is 8.29. The summed E-state index contributed by atoms with van der Waals surface area (Å²) in [7, 11) is 2.94. The van der Waals surface area contributed by atoms with Gasteiger partial charge in [0.2, 0.25) is 0 Å². The number of ether oxygens (including phenoxy) is 3. The van der Waals surface area contributed by atoms with Crippen molar-refractivity contribution in [3.63, 3.8) is 0 Å². The van der Waals surface area contributed by atoms with Gasteiger partial charge in [-0.2, -0.15) is 4.98 Å². The molecule has 0 bridgehead atoms. The number of benzene rings is 1. The molecule has 8 nitrogen and oxygen atoms in total. The number of methoxy groups -OCH3 is 2. The molecule has 1 N–H and O–H groups in total. The second-order valence-corrected chi connectivity index (χ2v) is 6.67. The van der Waals surface area contributed by atoms with Gasteiger partial charge in [-0.25, -0.2) is 14.2 Å². The molecule has 0 fully saturated rings. The summed E-state index contributed by atoms with van der Waals surface area (Å²) >= 11 is 0. The van der Waals surface area contributed by atoms with Crippen LogP contribution in [0.3, 0.4) is 0 Å². The summed E-state index contributed by atoms with van der Waals surface area (Å²) in [5.74, 6) is 0.312. The van der Waals surface area contributed by atoms with Gasteiger partial charge >= 0.3 is 12.0 Å². The van der Waals surface area contributed by atoms with Gasteiger partial charge in [-0.1, -0.05) is 0 Å². The fraction of sp³-hybridized carbons (Fsp3) is 0.389. The summed E-state index contributed by atoms with van der Waals surface area (Å²) in [5, 5.41) is 2.47. The Hall–Kier alpha value is -3.10. The minimum absolute atomic E-state index is 0.0383. The summed E-state index contributed by atoms with van der Waals surface area (Å²) in [6, 6.07) is 4.88. The van der Waals surface area contributed by atoms with Gasteiger partial charge < -0.3 is 19.1 Å². The maximum Gasteiger partial charge on any atom is 0.323 e. The summed E-state index contributed by atoms with van der Waals surface area (Å²) in [6.07, 6.45) is 0.943. The number of hydrogen-bond acceptors (Lipinski definition) is 6. The molecule has 1 aliphatic rings. The van der Waals surface area contributed by atoms with Gasteiger partial charge in [0, 0.05) is 11.6 Å². The molecule has 0 spiro atoms. The lowest BCUT2D eigenvalue weighted by Gasteiger charge is -2.29. The van der Waals surface area contributed by atoms with E-state index in [9.17, 15) is 9.18 Å². The van der Waals surface area contributed by atoms with Crippen LogP contribution in [0.2, 0.25) is 0 Å². The molecule has 2 aromatic rings. The molecule has 1 aromatic heterocycles. The number of rotatable bonds is 3. The maximum atomic E-state index is 13.9. The first kappa shape index (κ1) is 18.7. The van der Waals surface area contributed by atoms with E-state index in [4.69, 9.17) is 14.2 Å². The van der Waals surface area contributed by atoms with Crippen molar-refractivity contribution in [2.75, 3.05) is 26.1 Å². The van der Waals surface area contributed by atoms with Crippen LogP contribution in [0.4, 0.5) is 15.0 Å². The van der Waals surface area contributed by atoms with E-state index in [1.807, 2.05) is 19.9 Å². The highest BCUT2D eigenvalue weighted by atomic mass is 19.1. The summed E-state index contributed by atoms with van der Waals surface area (Å²) in [4.78, 5) is 21.8. The molecule has 3 rings (SSSR count). The van der Waals surface area contributed by atoms with Crippen LogP contribution in [0.1, 0.15) is 19.4 Å². The Kier molecular flexibility index (Phi) is 5.02. The Morgan fingerprint density at radius 3 is 2.81 bits per heavy atom. The number of fused-ring (bicyclic) bond motifs is 1. The minimum Gasteiger partial charge on any atom is -0.497 e. The standard InChI is InChI=1S/C18H21FN4O4/c1-18(2)10-23(9-11-5-6-12(25-3)7-14(11)27-18)17(24)22-15-13(19)8-20-16(21-15)26-4/h5-8H,9-10H2,1-4H3,(H,20,21,22,24). The molecule has 27 heavy (non-hydrogen) atoms. The topological polar surface area (TPSA) is 85.8 Å². The van der Waals surface area contributed by atoms with Crippen molar-refractivity contribution in [3.8, 4) is 17.5 Å². The maximum absolute atomic E-state index is 13.9. The molecule has 1 aliphatic heterocycles. The zero-order valence-corrected chi connectivity index (χ0v) is 15.6. The van der Waals surface area contributed by atoms with E-state index in [1.165, 1.54) is 12.0 Å². The Morgan fingerprint density at radius 1 is 1.33 bits per heavy atom. The van der Waals surface area contributed by atoms with Crippen LogP contribution < -0.4 is 19.5 Å². The van der Waals surface area contributed by atoms with Crippen LogP contribution in [0.5, 0.6) is 17.5 Å². The van der Waals surface area contributed by atoms with Gasteiger partial charge in [0.1, 0.15) is 17.1 Å². The summed E-state index contributed by atoms with van der Waals surface area (Å²) in [6.45, 7) is 4.32. The average Bonchev–Trinajstić information content (AvgIpc) is 2.77. The number of hydrogen-bond donors (Lipinski definition) is 1. The molecule has 0 saturated heterocycles. The largest absolute Gasteiger partial charge is 0.497 e. The van der Waals surface area contributed by atoms with E-state index in [2.05, 4.69) is 15.3 Å². The Bertz CT molecular complexity index is 859. The first-order valence-corrected chi connectivity index (χ1v) is 8.29. The van der Waals surface area contributed by atoms with Crippen molar-refractivity contribution >= 4 is 11.8 Å². The quantitative estimate of drug-likeness (QED) is 0.887. The number of carbonyl (C=O) groups is 1. The highest BCUT2D eigenvalue weighted by molar-refractivity contribution is 5.88. The molecular formula is C18H21FN4O4. The van der Waals surface area contributed by atoms with Gasteiger partial charge in [-0.05, 0) is 26.0 Å². The zero-order valence-electron chi connectivity index (χ0n) is 15.6. The van der Waals surface area contributed by atoms with Crippen LogP contribution in [0.25, 0.3) is 0 Å². The Labute approximate surface area is 156 Å². The summed E-state index contributed by atoms with van der Waals surface area (Å²) in [5.41, 5.74) is 0.161. The number of nitrogens with one attached hydrogen (secondary N) is 1. The summed E-state index contributed by atoms with van der Waals surface area (Å²) < 4.78 is 30.1. The van der Waals surface area contributed by atoms with E-state index < -0.39 is 17.4 Å². The first-order chi connectivity index (χ1) is 12.8. The van der Waals surface area contributed by atoms with E-state index in [-0.39, 0.29) is 11.8 Å². The van der Waals surface area contributed by atoms with Crippen molar-refractivity contribution < 1.29 is 23.4 Å². The molecule has 1 aromatic carbocycles. The second kappa shape index (κ2) is 7.26. The highest BCUT2D eigenvalue weighted by Gasteiger charge is 2.32. The minimum atomic E-state index is -0.750.